The molecule has 1 aromatic rings. The van der Waals surface area contributed by atoms with Gasteiger partial charge in [0, 0.05) is 11.6 Å². The van der Waals surface area contributed by atoms with Gasteiger partial charge in [0.25, 0.3) is 5.91 Å². The van der Waals surface area contributed by atoms with Crippen LogP contribution in [0.4, 0.5) is 0 Å². The van der Waals surface area contributed by atoms with Crippen molar-refractivity contribution in [3.05, 3.63) is 29.8 Å². The summed E-state index contributed by atoms with van der Waals surface area (Å²) in [7, 11) is 1.53. The second-order valence-corrected chi connectivity index (χ2v) is 9.88. The fourth-order valence-electron chi connectivity index (χ4n) is 5.25. The van der Waals surface area contributed by atoms with E-state index in [1.165, 1.54) is 7.11 Å². The summed E-state index contributed by atoms with van der Waals surface area (Å²) in [5.41, 5.74) is 0.378. The van der Waals surface area contributed by atoms with Crippen LogP contribution in [0.1, 0.15) is 62.7 Å². The lowest BCUT2D eigenvalue weighted by Gasteiger charge is -2.37. The molecule has 2 fully saturated rings. The smallest absolute Gasteiger partial charge is 0.305 e. The lowest BCUT2D eigenvalue weighted by atomic mass is 9.84. The predicted octanol–water partition coefficient (Wildman–Crippen LogP) is 1.77. The van der Waals surface area contributed by atoms with Crippen molar-refractivity contribution in [1.29, 1.82) is 0 Å². The van der Waals surface area contributed by atoms with Crippen LogP contribution in [-0.4, -0.2) is 71.3 Å². The van der Waals surface area contributed by atoms with Gasteiger partial charge in [0.2, 0.25) is 11.8 Å². The fourth-order valence-corrected chi connectivity index (χ4v) is 5.25. The third-order valence-corrected chi connectivity index (χ3v) is 7.10. The highest BCUT2D eigenvalue weighted by Crippen LogP contribution is 2.40. The molecule has 3 amide bonds. The highest BCUT2D eigenvalue weighted by Gasteiger charge is 2.49. The first-order chi connectivity index (χ1) is 17.2. The zero-order chi connectivity index (χ0) is 26.4. The minimum atomic E-state index is -1.21. The maximum atomic E-state index is 13.9. The van der Waals surface area contributed by atoms with E-state index in [2.05, 4.69) is 10.6 Å². The van der Waals surface area contributed by atoms with Gasteiger partial charge in [-0.3, -0.25) is 19.2 Å². The van der Waals surface area contributed by atoms with E-state index >= 15 is 0 Å². The number of carbonyl (C=O) groups is 5. The van der Waals surface area contributed by atoms with E-state index in [9.17, 15) is 24.0 Å². The van der Waals surface area contributed by atoms with Crippen LogP contribution in [0.15, 0.2) is 24.3 Å². The minimum absolute atomic E-state index is 0.137. The largest absolute Gasteiger partial charge is 0.497 e. The molecule has 1 aliphatic carbocycles. The number of methoxy groups -OCH3 is 1. The van der Waals surface area contributed by atoms with Crippen molar-refractivity contribution in [2.75, 3.05) is 7.11 Å². The summed E-state index contributed by atoms with van der Waals surface area (Å²) in [6.45, 7) is 3.66. The number of carboxylic acids is 1. The second kappa shape index (κ2) is 12.0. The first-order valence-corrected chi connectivity index (χ1v) is 12.4. The first kappa shape index (κ1) is 27.2. The van der Waals surface area contributed by atoms with E-state index in [4.69, 9.17) is 9.84 Å². The van der Waals surface area contributed by atoms with Gasteiger partial charge in [0.15, 0.2) is 0 Å². The van der Waals surface area contributed by atoms with Gasteiger partial charge in [-0.15, -0.1) is 0 Å². The zero-order valence-corrected chi connectivity index (χ0v) is 20.9. The van der Waals surface area contributed by atoms with E-state index in [1.54, 1.807) is 29.2 Å². The minimum Gasteiger partial charge on any atom is -0.497 e. The summed E-state index contributed by atoms with van der Waals surface area (Å²) < 4.78 is 5.13. The standard InChI is InChI=1S/C26H35N3O7/c1-15(2)23(28-24(33)16-8-10-19(36-3)11-9-16)26(35)29-20-7-5-4-6-17(20)12-21(29)25(34)27-18(14-30)13-22(31)32/h8-11,14-15,17-18,20-21,23H,4-7,12-13H2,1-3H3,(H,27,34)(H,28,33)(H,31,32)/t17?,18-,20?,21-,23-/m0/s1. The summed E-state index contributed by atoms with van der Waals surface area (Å²) in [5.74, 6) is -2.01. The number of rotatable bonds is 10. The number of carbonyl (C=O) groups excluding carboxylic acids is 4. The number of aliphatic carboxylic acids is 1. The molecule has 1 aliphatic heterocycles. The van der Waals surface area contributed by atoms with Gasteiger partial charge in [-0.25, -0.2) is 0 Å². The number of carboxylic acid groups (broad SMARTS) is 1. The Morgan fingerprint density at radius 2 is 1.78 bits per heavy atom. The van der Waals surface area contributed by atoms with Crippen molar-refractivity contribution < 1.29 is 33.8 Å². The molecule has 2 unspecified atom stereocenters. The lowest BCUT2D eigenvalue weighted by molar-refractivity contribution is -0.144. The topological polar surface area (TPSA) is 142 Å². The van der Waals surface area contributed by atoms with Gasteiger partial charge in [-0.05, 0) is 55.4 Å². The molecule has 1 aromatic carbocycles. The average Bonchev–Trinajstić information content (AvgIpc) is 3.25. The molecule has 3 rings (SSSR count). The van der Waals surface area contributed by atoms with E-state index in [1.807, 2.05) is 13.8 Å². The van der Waals surface area contributed by atoms with Crippen LogP contribution in [0.2, 0.25) is 0 Å². The number of fused-ring (bicyclic) bond motifs is 1. The molecule has 1 heterocycles. The third-order valence-electron chi connectivity index (χ3n) is 7.10. The lowest BCUT2D eigenvalue weighted by Crippen LogP contribution is -2.58. The molecule has 10 heteroatoms. The molecule has 3 N–H and O–H groups in total. The summed E-state index contributed by atoms with van der Waals surface area (Å²) in [4.78, 5) is 64.0. The number of nitrogens with one attached hydrogen (secondary N) is 2. The normalized spacial score (nSPS) is 22.8. The highest BCUT2D eigenvalue weighted by atomic mass is 16.5. The van der Waals surface area contributed by atoms with Gasteiger partial charge in [-0.2, -0.15) is 0 Å². The Hall–Kier alpha value is -3.43. The molecule has 36 heavy (non-hydrogen) atoms. The van der Waals surface area contributed by atoms with Crippen LogP contribution in [0.5, 0.6) is 5.75 Å². The molecule has 0 bridgehead atoms. The van der Waals surface area contributed by atoms with Crippen LogP contribution >= 0.6 is 0 Å². The Balaban J connectivity index is 1.83. The van der Waals surface area contributed by atoms with Gasteiger partial charge in [0.05, 0.1) is 19.6 Å². The number of amides is 3. The number of benzene rings is 1. The van der Waals surface area contributed by atoms with Crippen molar-refractivity contribution in [2.24, 2.45) is 11.8 Å². The number of nitrogens with zero attached hydrogens (tertiary/aromatic N) is 1. The quantitative estimate of drug-likeness (QED) is 0.415. The SMILES string of the molecule is COc1ccc(C(=O)N[C@H](C(=O)N2C3CCCCC3C[C@H]2C(=O)N[C@H](C=O)CC(=O)O)C(C)C)cc1. The van der Waals surface area contributed by atoms with Crippen LogP contribution < -0.4 is 15.4 Å². The zero-order valence-electron chi connectivity index (χ0n) is 20.9. The van der Waals surface area contributed by atoms with E-state index in [0.717, 1.165) is 25.7 Å². The van der Waals surface area contributed by atoms with E-state index in [0.29, 0.717) is 24.0 Å². The Kier molecular flexibility index (Phi) is 9.06. The molecular weight excluding hydrogens is 466 g/mol. The molecule has 5 atom stereocenters. The van der Waals surface area contributed by atoms with E-state index < -0.39 is 42.3 Å². The van der Waals surface area contributed by atoms with Crippen molar-refractivity contribution in [2.45, 2.75) is 76.5 Å². The number of hydrogen-bond acceptors (Lipinski definition) is 6. The van der Waals surface area contributed by atoms with E-state index in [-0.39, 0.29) is 23.8 Å². The van der Waals surface area contributed by atoms with Gasteiger partial charge in [-0.1, -0.05) is 26.7 Å². The molecule has 196 valence electrons. The van der Waals surface area contributed by atoms with Crippen LogP contribution in [0, 0.1) is 11.8 Å². The van der Waals surface area contributed by atoms with Crippen molar-refractivity contribution in [1.82, 2.24) is 15.5 Å². The van der Waals surface area contributed by atoms with Crippen molar-refractivity contribution >= 4 is 30.0 Å². The second-order valence-electron chi connectivity index (χ2n) is 9.88. The van der Waals surface area contributed by atoms with Crippen molar-refractivity contribution in [3.63, 3.8) is 0 Å². The van der Waals surface area contributed by atoms with Gasteiger partial charge in [0.1, 0.15) is 24.1 Å². The maximum Gasteiger partial charge on any atom is 0.305 e. The Bertz CT molecular complexity index is 978. The number of aldehydes is 1. The Morgan fingerprint density at radius 1 is 1.11 bits per heavy atom. The monoisotopic (exact) mass is 501 g/mol. The van der Waals surface area contributed by atoms with Crippen LogP contribution in [0.25, 0.3) is 0 Å². The van der Waals surface area contributed by atoms with Gasteiger partial charge >= 0.3 is 5.97 Å². The van der Waals surface area contributed by atoms with Crippen LogP contribution in [0.3, 0.4) is 0 Å². The molecular formula is C26H35N3O7. The highest BCUT2D eigenvalue weighted by molar-refractivity contribution is 5.99. The average molecular weight is 502 g/mol. The molecule has 1 saturated heterocycles. The molecule has 0 spiro atoms. The molecule has 1 saturated carbocycles. The van der Waals surface area contributed by atoms with Crippen LogP contribution in [-0.2, 0) is 19.2 Å². The number of ether oxygens (including phenoxy) is 1. The summed E-state index contributed by atoms with van der Waals surface area (Å²) >= 11 is 0. The Labute approximate surface area is 210 Å². The number of likely N-dealkylation sites (tertiary alicyclic amines) is 1. The van der Waals surface area contributed by atoms with Gasteiger partial charge < -0.3 is 30.2 Å². The summed E-state index contributed by atoms with van der Waals surface area (Å²) in [6.07, 6.45) is 3.88. The Morgan fingerprint density at radius 3 is 2.36 bits per heavy atom. The molecule has 2 aliphatic rings. The van der Waals surface area contributed by atoms with Crippen molar-refractivity contribution in [3.8, 4) is 5.75 Å². The third kappa shape index (κ3) is 6.22. The first-order valence-electron chi connectivity index (χ1n) is 12.4. The summed E-state index contributed by atoms with van der Waals surface area (Å²) in [5, 5.41) is 14.4. The summed E-state index contributed by atoms with van der Waals surface area (Å²) in [6, 6.07) is 3.53. The molecule has 10 nitrogen and oxygen atoms in total. The molecule has 0 radical (unpaired) electrons. The maximum absolute atomic E-state index is 13.9. The number of hydrogen-bond donors (Lipinski definition) is 3. The molecule has 0 aromatic heterocycles. The fraction of sp³-hybridized carbons (Fsp3) is 0.577. The predicted molar refractivity (Wildman–Crippen MR) is 130 cm³/mol.